The molecule has 2 amide bonds. The molecule has 2 fully saturated rings. The van der Waals surface area contributed by atoms with E-state index in [1.807, 2.05) is 0 Å². The summed E-state index contributed by atoms with van der Waals surface area (Å²) in [5, 5.41) is 0. The normalized spacial score (nSPS) is 29.5. The van der Waals surface area contributed by atoms with E-state index in [4.69, 9.17) is 0 Å². The Kier molecular flexibility index (Phi) is 3.69. The molecular formula is C13H22N2O2. The maximum atomic E-state index is 12.1. The van der Waals surface area contributed by atoms with Gasteiger partial charge < -0.3 is 9.80 Å². The lowest BCUT2D eigenvalue weighted by molar-refractivity contribution is -0.152. The molecule has 0 aromatic heterocycles. The average molecular weight is 238 g/mol. The van der Waals surface area contributed by atoms with Gasteiger partial charge >= 0.3 is 11.8 Å². The Balaban J connectivity index is 1.96. The van der Waals surface area contributed by atoms with Gasteiger partial charge in [0, 0.05) is 26.2 Å². The highest BCUT2D eigenvalue weighted by atomic mass is 16.2. The summed E-state index contributed by atoms with van der Waals surface area (Å²) < 4.78 is 0. The van der Waals surface area contributed by atoms with Crippen LogP contribution in [0.2, 0.25) is 0 Å². The fourth-order valence-electron chi connectivity index (χ4n) is 3.02. The molecule has 0 bridgehead atoms. The molecule has 2 heterocycles. The molecule has 2 rings (SSSR count). The van der Waals surface area contributed by atoms with Crippen LogP contribution in [0, 0.1) is 11.8 Å². The molecule has 2 unspecified atom stereocenters. The number of hydrogen-bond acceptors (Lipinski definition) is 2. The van der Waals surface area contributed by atoms with Crippen molar-refractivity contribution >= 4 is 11.8 Å². The lowest BCUT2D eigenvalue weighted by Gasteiger charge is -2.35. The van der Waals surface area contributed by atoms with Gasteiger partial charge in [0.2, 0.25) is 0 Å². The maximum absolute atomic E-state index is 12.1. The van der Waals surface area contributed by atoms with E-state index in [-0.39, 0.29) is 11.8 Å². The fraction of sp³-hybridized carbons (Fsp3) is 0.846. The smallest absolute Gasteiger partial charge is 0.312 e. The molecule has 2 aliphatic rings. The van der Waals surface area contributed by atoms with Crippen LogP contribution >= 0.6 is 0 Å². The Bertz CT molecular complexity index is 301. The van der Waals surface area contributed by atoms with E-state index in [1.165, 1.54) is 0 Å². The minimum absolute atomic E-state index is 0.287. The zero-order valence-electron chi connectivity index (χ0n) is 10.8. The van der Waals surface area contributed by atoms with Crippen molar-refractivity contribution in [3.8, 4) is 0 Å². The summed E-state index contributed by atoms with van der Waals surface area (Å²) in [6.45, 7) is 7.28. The molecule has 4 nitrogen and oxygen atoms in total. The zero-order valence-corrected chi connectivity index (χ0v) is 10.8. The summed E-state index contributed by atoms with van der Waals surface area (Å²) in [5.41, 5.74) is 0. The Labute approximate surface area is 103 Å². The standard InChI is InChI=1S/C13H22N2O2/c1-10-7-11(2)9-15(8-10)13(17)12(16)14-5-3-4-6-14/h10-11H,3-9H2,1-2H3. The minimum atomic E-state index is -0.288. The molecule has 2 saturated heterocycles. The molecular weight excluding hydrogens is 216 g/mol. The van der Waals surface area contributed by atoms with Gasteiger partial charge in [0.1, 0.15) is 0 Å². The highest BCUT2D eigenvalue weighted by Crippen LogP contribution is 2.21. The summed E-state index contributed by atoms with van der Waals surface area (Å²) in [5.74, 6) is 0.442. The number of likely N-dealkylation sites (tertiary alicyclic amines) is 2. The highest BCUT2D eigenvalue weighted by Gasteiger charge is 2.32. The molecule has 0 aliphatic carbocycles. The monoisotopic (exact) mass is 238 g/mol. The van der Waals surface area contributed by atoms with Crippen molar-refractivity contribution < 1.29 is 9.59 Å². The zero-order chi connectivity index (χ0) is 12.4. The number of amides is 2. The molecule has 0 spiro atoms. The summed E-state index contributed by atoms with van der Waals surface area (Å²) in [6.07, 6.45) is 3.22. The summed E-state index contributed by atoms with van der Waals surface area (Å²) >= 11 is 0. The van der Waals surface area contributed by atoms with Crippen LogP contribution in [0.3, 0.4) is 0 Å². The van der Waals surface area contributed by atoms with Crippen LogP contribution < -0.4 is 0 Å². The fourth-order valence-corrected chi connectivity index (χ4v) is 3.02. The van der Waals surface area contributed by atoms with E-state index < -0.39 is 0 Å². The van der Waals surface area contributed by atoms with E-state index in [0.717, 1.165) is 45.4 Å². The second kappa shape index (κ2) is 5.07. The molecule has 2 aliphatic heterocycles. The van der Waals surface area contributed by atoms with Crippen LogP contribution in [0.5, 0.6) is 0 Å². The van der Waals surface area contributed by atoms with Crippen LogP contribution in [0.15, 0.2) is 0 Å². The Morgan fingerprint density at radius 3 is 1.88 bits per heavy atom. The van der Waals surface area contributed by atoms with Gasteiger partial charge in [-0.2, -0.15) is 0 Å². The molecule has 0 aromatic rings. The van der Waals surface area contributed by atoms with Crippen molar-refractivity contribution in [2.75, 3.05) is 26.2 Å². The Morgan fingerprint density at radius 2 is 1.35 bits per heavy atom. The number of piperidine rings is 1. The van der Waals surface area contributed by atoms with Gasteiger partial charge in [-0.3, -0.25) is 9.59 Å². The van der Waals surface area contributed by atoms with Crippen molar-refractivity contribution in [1.29, 1.82) is 0 Å². The summed E-state index contributed by atoms with van der Waals surface area (Å²) in [6, 6.07) is 0. The van der Waals surface area contributed by atoms with Gasteiger partial charge in [-0.15, -0.1) is 0 Å². The molecule has 96 valence electrons. The van der Waals surface area contributed by atoms with Crippen LogP contribution in [-0.4, -0.2) is 47.8 Å². The molecule has 4 heteroatoms. The van der Waals surface area contributed by atoms with Crippen LogP contribution in [0.25, 0.3) is 0 Å². The quantitative estimate of drug-likeness (QED) is 0.593. The van der Waals surface area contributed by atoms with E-state index in [9.17, 15) is 9.59 Å². The maximum Gasteiger partial charge on any atom is 0.312 e. The van der Waals surface area contributed by atoms with Gasteiger partial charge in [-0.1, -0.05) is 13.8 Å². The predicted octanol–water partition coefficient (Wildman–Crippen LogP) is 1.11. The molecule has 2 atom stereocenters. The topological polar surface area (TPSA) is 40.6 Å². The average Bonchev–Trinajstić information content (AvgIpc) is 2.79. The third kappa shape index (κ3) is 2.79. The molecule has 0 saturated carbocycles. The van der Waals surface area contributed by atoms with Crippen LogP contribution in [0.1, 0.15) is 33.1 Å². The SMILES string of the molecule is CC1CC(C)CN(C(=O)C(=O)N2CCCC2)C1. The largest absolute Gasteiger partial charge is 0.334 e. The van der Waals surface area contributed by atoms with Gasteiger partial charge in [0.25, 0.3) is 0 Å². The third-order valence-corrected chi connectivity index (χ3v) is 3.73. The van der Waals surface area contributed by atoms with Crippen LogP contribution in [0.4, 0.5) is 0 Å². The van der Waals surface area contributed by atoms with E-state index in [1.54, 1.807) is 9.80 Å². The van der Waals surface area contributed by atoms with E-state index in [2.05, 4.69) is 13.8 Å². The molecule has 17 heavy (non-hydrogen) atoms. The van der Waals surface area contributed by atoms with Crippen molar-refractivity contribution in [2.45, 2.75) is 33.1 Å². The van der Waals surface area contributed by atoms with Crippen molar-refractivity contribution in [3.63, 3.8) is 0 Å². The van der Waals surface area contributed by atoms with E-state index >= 15 is 0 Å². The lowest BCUT2D eigenvalue weighted by atomic mass is 9.92. The first-order valence-electron chi connectivity index (χ1n) is 6.66. The second-order valence-electron chi connectivity index (χ2n) is 5.66. The first-order chi connectivity index (χ1) is 8.08. The third-order valence-electron chi connectivity index (χ3n) is 3.73. The van der Waals surface area contributed by atoms with Gasteiger partial charge in [0.05, 0.1) is 0 Å². The lowest BCUT2D eigenvalue weighted by Crippen LogP contribution is -2.49. The minimum Gasteiger partial charge on any atom is -0.334 e. The Morgan fingerprint density at radius 1 is 0.882 bits per heavy atom. The number of hydrogen-bond donors (Lipinski definition) is 0. The highest BCUT2D eigenvalue weighted by molar-refractivity contribution is 6.34. The second-order valence-corrected chi connectivity index (χ2v) is 5.66. The molecule has 0 radical (unpaired) electrons. The number of rotatable bonds is 0. The summed E-state index contributed by atoms with van der Waals surface area (Å²) in [4.78, 5) is 27.6. The van der Waals surface area contributed by atoms with E-state index in [0.29, 0.717) is 11.8 Å². The number of carbonyl (C=O) groups excluding carboxylic acids is 2. The Hall–Kier alpha value is -1.06. The number of carbonyl (C=O) groups is 2. The van der Waals surface area contributed by atoms with Gasteiger partial charge in [0.15, 0.2) is 0 Å². The van der Waals surface area contributed by atoms with Crippen LogP contribution in [-0.2, 0) is 9.59 Å². The van der Waals surface area contributed by atoms with Gasteiger partial charge in [-0.05, 0) is 31.1 Å². The first-order valence-corrected chi connectivity index (χ1v) is 6.66. The van der Waals surface area contributed by atoms with Crippen molar-refractivity contribution in [2.24, 2.45) is 11.8 Å². The summed E-state index contributed by atoms with van der Waals surface area (Å²) in [7, 11) is 0. The van der Waals surface area contributed by atoms with Gasteiger partial charge in [-0.25, -0.2) is 0 Å². The molecule has 0 aromatic carbocycles. The number of nitrogens with zero attached hydrogens (tertiary/aromatic N) is 2. The predicted molar refractivity (Wildman–Crippen MR) is 65.3 cm³/mol. The molecule has 0 N–H and O–H groups in total. The van der Waals surface area contributed by atoms with Crippen molar-refractivity contribution in [3.05, 3.63) is 0 Å². The first kappa shape index (κ1) is 12.4. The van der Waals surface area contributed by atoms with Crippen molar-refractivity contribution in [1.82, 2.24) is 9.80 Å².